The fraction of sp³-hybridized carbons (Fsp3) is 0.778. The van der Waals surface area contributed by atoms with E-state index in [1.165, 1.54) is 0 Å². The van der Waals surface area contributed by atoms with Gasteiger partial charge in [0.05, 0.1) is 18.5 Å². The molecule has 0 amide bonds. The van der Waals surface area contributed by atoms with Crippen LogP contribution >= 0.6 is 0 Å². The second kappa shape index (κ2) is 3.00. The number of carboxylic acids is 1. The number of hydrogen-bond donors (Lipinski definition) is 1. The largest absolute Gasteiger partial charge is 0.481 e. The molecule has 3 unspecified atom stereocenters. The number of hydrogen-bond acceptors (Lipinski definition) is 3. The third kappa shape index (κ3) is 1.20. The Hall–Kier alpha value is -1.08. The zero-order valence-corrected chi connectivity index (χ0v) is 7.31. The van der Waals surface area contributed by atoms with Gasteiger partial charge in [-0.1, -0.05) is 0 Å². The lowest BCUT2D eigenvalue weighted by Crippen LogP contribution is -2.33. The highest BCUT2D eigenvalue weighted by molar-refractivity contribution is 5.71. The molecular formula is C9H12N2O2. The lowest BCUT2D eigenvalue weighted by Gasteiger charge is -2.18. The van der Waals surface area contributed by atoms with Gasteiger partial charge < -0.3 is 5.11 Å². The van der Waals surface area contributed by atoms with Gasteiger partial charge in [0, 0.05) is 12.1 Å². The molecule has 0 aromatic carbocycles. The first-order chi connectivity index (χ1) is 6.24. The minimum absolute atomic E-state index is 0.127. The van der Waals surface area contributed by atoms with Crippen LogP contribution in [0.4, 0.5) is 0 Å². The molecule has 0 aliphatic carbocycles. The zero-order chi connectivity index (χ0) is 9.42. The van der Waals surface area contributed by atoms with E-state index in [4.69, 9.17) is 10.4 Å². The van der Waals surface area contributed by atoms with Crippen LogP contribution in [0.2, 0.25) is 0 Å². The van der Waals surface area contributed by atoms with Crippen molar-refractivity contribution in [2.45, 2.75) is 31.3 Å². The van der Waals surface area contributed by atoms with Gasteiger partial charge in [0.1, 0.15) is 0 Å². The molecule has 0 radical (unpaired) electrons. The van der Waals surface area contributed by atoms with Gasteiger partial charge in [0.2, 0.25) is 0 Å². The van der Waals surface area contributed by atoms with E-state index < -0.39 is 5.97 Å². The summed E-state index contributed by atoms with van der Waals surface area (Å²) >= 11 is 0. The quantitative estimate of drug-likeness (QED) is 0.626. The first kappa shape index (κ1) is 8.52. The van der Waals surface area contributed by atoms with Crippen LogP contribution in [0.25, 0.3) is 0 Å². The van der Waals surface area contributed by atoms with Crippen molar-refractivity contribution >= 4 is 5.97 Å². The second-order valence-electron chi connectivity index (χ2n) is 3.81. The summed E-state index contributed by atoms with van der Waals surface area (Å²) in [5.74, 6) is -0.928. The summed E-state index contributed by atoms with van der Waals surface area (Å²) in [6.07, 6.45) is 2.75. The van der Waals surface area contributed by atoms with Crippen LogP contribution in [0.1, 0.15) is 19.3 Å². The maximum atomic E-state index is 10.8. The van der Waals surface area contributed by atoms with Crippen LogP contribution in [0.15, 0.2) is 0 Å². The average Bonchev–Trinajstić information content (AvgIpc) is 2.63. The van der Waals surface area contributed by atoms with Gasteiger partial charge in [0.25, 0.3) is 0 Å². The first-order valence-electron chi connectivity index (χ1n) is 4.59. The number of fused-ring (bicyclic) bond motifs is 2. The first-order valence-corrected chi connectivity index (χ1v) is 4.59. The number of nitrogens with zero attached hydrogens (tertiary/aromatic N) is 2. The SMILES string of the molecule is N#CCN1C2CCC1C(C(=O)O)C2. The fourth-order valence-electron chi connectivity index (χ4n) is 2.69. The van der Waals surface area contributed by atoms with Gasteiger partial charge in [-0.05, 0) is 19.3 Å². The van der Waals surface area contributed by atoms with Gasteiger partial charge in [-0.25, -0.2) is 0 Å². The van der Waals surface area contributed by atoms with Crippen LogP contribution in [-0.2, 0) is 4.79 Å². The van der Waals surface area contributed by atoms with Crippen LogP contribution < -0.4 is 0 Å². The highest BCUT2D eigenvalue weighted by atomic mass is 16.4. The van der Waals surface area contributed by atoms with Crippen molar-refractivity contribution in [1.29, 1.82) is 5.26 Å². The van der Waals surface area contributed by atoms with E-state index in [2.05, 4.69) is 11.0 Å². The Morgan fingerprint density at radius 2 is 2.38 bits per heavy atom. The van der Waals surface area contributed by atoms with E-state index in [1.807, 2.05) is 0 Å². The Balaban J connectivity index is 2.11. The normalized spacial score (nSPS) is 37.6. The number of carbonyl (C=O) groups is 1. The molecule has 0 aromatic heterocycles. The molecule has 0 spiro atoms. The Bertz CT molecular complexity index is 271. The predicted molar refractivity (Wildman–Crippen MR) is 44.9 cm³/mol. The summed E-state index contributed by atoms with van der Waals surface area (Å²) in [5.41, 5.74) is 0. The highest BCUT2D eigenvalue weighted by Crippen LogP contribution is 2.41. The Labute approximate surface area is 76.8 Å². The van der Waals surface area contributed by atoms with Gasteiger partial charge in [0.15, 0.2) is 0 Å². The predicted octanol–water partition coefficient (Wildman–Crippen LogP) is 0.447. The van der Waals surface area contributed by atoms with Crippen molar-refractivity contribution in [3.63, 3.8) is 0 Å². The van der Waals surface area contributed by atoms with E-state index in [9.17, 15) is 4.79 Å². The minimum atomic E-state index is -0.699. The summed E-state index contributed by atoms with van der Waals surface area (Å²) in [4.78, 5) is 12.9. The van der Waals surface area contributed by atoms with Crippen LogP contribution in [0, 0.1) is 17.2 Å². The molecule has 4 heteroatoms. The maximum Gasteiger partial charge on any atom is 0.308 e. The van der Waals surface area contributed by atoms with Crippen molar-refractivity contribution in [3.05, 3.63) is 0 Å². The minimum Gasteiger partial charge on any atom is -0.481 e. The molecule has 2 rings (SSSR count). The monoisotopic (exact) mass is 180 g/mol. The molecule has 2 heterocycles. The summed E-state index contributed by atoms with van der Waals surface area (Å²) < 4.78 is 0. The lowest BCUT2D eigenvalue weighted by atomic mass is 9.89. The molecule has 3 atom stereocenters. The van der Waals surface area contributed by atoms with Crippen molar-refractivity contribution in [1.82, 2.24) is 4.90 Å². The van der Waals surface area contributed by atoms with Gasteiger partial charge in [-0.15, -0.1) is 0 Å². The fourth-order valence-corrected chi connectivity index (χ4v) is 2.69. The van der Waals surface area contributed by atoms with Crippen LogP contribution in [0.3, 0.4) is 0 Å². The Kier molecular flexibility index (Phi) is 1.97. The zero-order valence-electron chi connectivity index (χ0n) is 7.31. The van der Waals surface area contributed by atoms with Crippen LogP contribution in [0.5, 0.6) is 0 Å². The molecule has 70 valence electrons. The summed E-state index contributed by atoms with van der Waals surface area (Å²) in [6.45, 7) is 0.388. The van der Waals surface area contributed by atoms with E-state index in [0.717, 1.165) is 19.3 Å². The average molecular weight is 180 g/mol. The Morgan fingerprint density at radius 3 is 2.92 bits per heavy atom. The second-order valence-corrected chi connectivity index (χ2v) is 3.81. The summed E-state index contributed by atoms with van der Waals surface area (Å²) in [7, 11) is 0. The molecule has 1 N–H and O–H groups in total. The highest BCUT2D eigenvalue weighted by Gasteiger charge is 2.48. The third-order valence-electron chi connectivity index (χ3n) is 3.25. The van der Waals surface area contributed by atoms with E-state index in [-0.39, 0.29) is 12.0 Å². The molecule has 4 nitrogen and oxygen atoms in total. The molecule has 13 heavy (non-hydrogen) atoms. The molecule has 0 aromatic rings. The van der Waals surface area contributed by atoms with E-state index in [1.54, 1.807) is 0 Å². The topological polar surface area (TPSA) is 64.3 Å². The maximum absolute atomic E-state index is 10.8. The number of aliphatic carboxylic acids is 1. The standard InChI is InChI=1S/C9H12N2O2/c10-3-4-11-6-1-2-8(11)7(5-6)9(12)13/h6-8H,1-2,4-5H2,(H,12,13). The molecular weight excluding hydrogens is 168 g/mol. The van der Waals surface area contributed by atoms with E-state index in [0.29, 0.717) is 12.6 Å². The van der Waals surface area contributed by atoms with E-state index >= 15 is 0 Å². The van der Waals surface area contributed by atoms with Gasteiger partial charge in [-0.2, -0.15) is 5.26 Å². The van der Waals surface area contributed by atoms with Crippen molar-refractivity contribution < 1.29 is 9.90 Å². The lowest BCUT2D eigenvalue weighted by molar-refractivity contribution is -0.142. The van der Waals surface area contributed by atoms with Crippen molar-refractivity contribution in [3.8, 4) is 6.07 Å². The van der Waals surface area contributed by atoms with Gasteiger partial charge in [-0.3, -0.25) is 9.69 Å². The molecule has 0 saturated carbocycles. The molecule has 2 fully saturated rings. The number of nitriles is 1. The number of carboxylic acid groups (broad SMARTS) is 1. The van der Waals surface area contributed by atoms with Crippen molar-refractivity contribution in [2.24, 2.45) is 5.92 Å². The third-order valence-corrected chi connectivity index (χ3v) is 3.25. The number of rotatable bonds is 2. The molecule has 2 aliphatic heterocycles. The Morgan fingerprint density at radius 1 is 1.62 bits per heavy atom. The molecule has 2 bridgehead atoms. The van der Waals surface area contributed by atoms with Crippen LogP contribution in [-0.4, -0.2) is 34.6 Å². The summed E-state index contributed by atoms with van der Waals surface area (Å²) in [6, 6.07) is 2.58. The van der Waals surface area contributed by atoms with Gasteiger partial charge >= 0.3 is 5.97 Å². The smallest absolute Gasteiger partial charge is 0.308 e. The molecule has 2 aliphatic rings. The summed E-state index contributed by atoms with van der Waals surface area (Å²) in [5, 5.41) is 17.5. The molecule has 2 saturated heterocycles. The van der Waals surface area contributed by atoms with Crippen molar-refractivity contribution in [2.75, 3.05) is 6.54 Å².